The Balaban J connectivity index is 0.00000312. The van der Waals surface area contributed by atoms with Crippen LogP contribution >= 0.6 is 12.4 Å². The number of nitrogens with one attached hydrogen (secondary N) is 3. The van der Waals surface area contributed by atoms with E-state index in [0.29, 0.717) is 23.4 Å². The van der Waals surface area contributed by atoms with Crippen LogP contribution in [-0.2, 0) is 0 Å². The van der Waals surface area contributed by atoms with Crippen LogP contribution in [0.1, 0.15) is 32.7 Å². The van der Waals surface area contributed by atoms with E-state index in [1.165, 1.54) is 0 Å². The van der Waals surface area contributed by atoms with Crippen molar-refractivity contribution in [1.82, 2.24) is 10.6 Å². The molecule has 5 nitrogen and oxygen atoms in total. The number of benzene rings is 2. The number of anilines is 1. The van der Waals surface area contributed by atoms with Crippen LogP contribution in [0, 0.1) is 6.92 Å². The maximum atomic E-state index is 12.3. The zero-order valence-corrected chi connectivity index (χ0v) is 15.3. The molecule has 134 valence electrons. The number of hydrogen-bond donors (Lipinski definition) is 3. The van der Waals surface area contributed by atoms with Crippen LogP contribution in [0.15, 0.2) is 48.5 Å². The van der Waals surface area contributed by atoms with Crippen LogP contribution in [0.2, 0.25) is 0 Å². The molecule has 0 unspecified atom stereocenters. The first-order valence-electron chi connectivity index (χ1n) is 8.01. The third kappa shape index (κ3) is 6.21. The van der Waals surface area contributed by atoms with E-state index in [2.05, 4.69) is 16.0 Å². The summed E-state index contributed by atoms with van der Waals surface area (Å²) in [6.07, 6.45) is 0.867. The van der Waals surface area contributed by atoms with Crippen molar-refractivity contribution in [2.45, 2.75) is 13.3 Å². The van der Waals surface area contributed by atoms with Gasteiger partial charge in [-0.2, -0.15) is 0 Å². The summed E-state index contributed by atoms with van der Waals surface area (Å²) in [6.45, 7) is 3.36. The predicted octanol–water partition coefficient (Wildman–Crippen LogP) is 3.01. The lowest BCUT2D eigenvalue weighted by atomic mass is 10.1. The van der Waals surface area contributed by atoms with Crippen molar-refractivity contribution in [2.75, 3.05) is 25.5 Å². The van der Waals surface area contributed by atoms with E-state index in [9.17, 15) is 9.59 Å². The number of halogens is 1. The van der Waals surface area contributed by atoms with Crippen LogP contribution < -0.4 is 16.0 Å². The van der Waals surface area contributed by atoms with Gasteiger partial charge in [0.25, 0.3) is 11.8 Å². The molecule has 0 aliphatic carbocycles. The molecule has 6 heteroatoms. The van der Waals surface area contributed by atoms with Crippen LogP contribution in [0.4, 0.5) is 5.69 Å². The minimum Gasteiger partial charge on any atom is -0.352 e. The van der Waals surface area contributed by atoms with Crippen LogP contribution in [0.3, 0.4) is 0 Å². The van der Waals surface area contributed by atoms with Gasteiger partial charge in [0.1, 0.15) is 0 Å². The number of amides is 2. The van der Waals surface area contributed by atoms with Gasteiger partial charge in [-0.25, -0.2) is 0 Å². The molecule has 0 radical (unpaired) electrons. The second-order valence-corrected chi connectivity index (χ2v) is 5.56. The van der Waals surface area contributed by atoms with E-state index in [1.807, 2.05) is 38.2 Å². The molecule has 2 rings (SSSR count). The Hall–Kier alpha value is -2.37. The summed E-state index contributed by atoms with van der Waals surface area (Å²) in [5.41, 5.74) is 2.67. The highest BCUT2D eigenvalue weighted by atomic mass is 35.5. The second kappa shape index (κ2) is 10.5. The summed E-state index contributed by atoms with van der Waals surface area (Å²) < 4.78 is 0. The Kier molecular flexibility index (Phi) is 8.67. The highest BCUT2D eigenvalue weighted by Crippen LogP contribution is 2.18. The maximum Gasteiger partial charge on any atom is 0.255 e. The molecule has 2 aromatic carbocycles. The van der Waals surface area contributed by atoms with Crippen molar-refractivity contribution in [1.29, 1.82) is 0 Å². The zero-order valence-electron chi connectivity index (χ0n) is 14.5. The molecule has 0 aliphatic heterocycles. The summed E-state index contributed by atoms with van der Waals surface area (Å²) in [4.78, 5) is 24.5. The largest absolute Gasteiger partial charge is 0.352 e. The van der Waals surface area contributed by atoms with Crippen LogP contribution in [-0.4, -0.2) is 32.0 Å². The van der Waals surface area contributed by atoms with Crippen molar-refractivity contribution < 1.29 is 9.59 Å². The number of carbonyl (C=O) groups is 2. The van der Waals surface area contributed by atoms with Crippen LogP contribution in [0.25, 0.3) is 0 Å². The number of carbonyl (C=O) groups excluding carboxylic acids is 2. The van der Waals surface area contributed by atoms with Gasteiger partial charge >= 0.3 is 0 Å². The smallest absolute Gasteiger partial charge is 0.255 e. The molecule has 0 saturated carbocycles. The zero-order chi connectivity index (χ0) is 17.4. The predicted molar refractivity (Wildman–Crippen MR) is 104 cm³/mol. The lowest BCUT2D eigenvalue weighted by Crippen LogP contribution is -2.26. The summed E-state index contributed by atoms with van der Waals surface area (Å²) in [5.74, 6) is -0.327. The molecule has 0 saturated heterocycles. The summed E-state index contributed by atoms with van der Waals surface area (Å²) >= 11 is 0. The molecule has 2 aromatic rings. The first-order chi connectivity index (χ1) is 11.6. The molecule has 0 fully saturated rings. The summed E-state index contributed by atoms with van der Waals surface area (Å²) in [6, 6.07) is 14.3. The van der Waals surface area contributed by atoms with Gasteiger partial charge < -0.3 is 16.0 Å². The fourth-order valence-corrected chi connectivity index (χ4v) is 2.25. The minimum atomic E-state index is -0.190. The molecule has 0 atom stereocenters. The van der Waals surface area contributed by atoms with E-state index in [4.69, 9.17) is 0 Å². The Morgan fingerprint density at radius 2 is 1.64 bits per heavy atom. The Morgan fingerprint density at radius 3 is 2.32 bits per heavy atom. The lowest BCUT2D eigenvalue weighted by molar-refractivity contribution is 0.0952. The number of hydrogen-bond acceptors (Lipinski definition) is 3. The van der Waals surface area contributed by atoms with Crippen molar-refractivity contribution in [3.05, 3.63) is 65.2 Å². The van der Waals surface area contributed by atoms with Gasteiger partial charge in [-0.3, -0.25) is 9.59 Å². The molecule has 3 N–H and O–H groups in total. The molecular formula is C19H24ClN3O2. The quantitative estimate of drug-likeness (QED) is 0.664. The van der Waals surface area contributed by atoms with Gasteiger partial charge in [0.2, 0.25) is 0 Å². The van der Waals surface area contributed by atoms with Gasteiger partial charge in [0.05, 0.1) is 0 Å². The monoisotopic (exact) mass is 361 g/mol. The van der Waals surface area contributed by atoms with Gasteiger partial charge in [-0.05, 0) is 56.8 Å². The SMILES string of the molecule is CNCCCNC(=O)c1ccc(C)c(NC(=O)c2ccccc2)c1.Cl. The number of rotatable bonds is 7. The van der Waals surface area contributed by atoms with E-state index in [0.717, 1.165) is 18.5 Å². The van der Waals surface area contributed by atoms with Gasteiger partial charge in [0.15, 0.2) is 0 Å². The van der Waals surface area contributed by atoms with Gasteiger partial charge in [-0.1, -0.05) is 24.3 Å². The van der Waals surface area contributed by atoms with Crippen molar-refractivity contribution >= 4 is 29.9 Å². The van der Waals surface area contributed by atoms with E-state index in [1.54, 1.807) is 24.3 Å². The average molecular weight is 362 g/mol. The molecule has 25 heavy (non-hydrogen) atoms. The van der Waals surface area contributed by atoms with Crippen molar-refractivity contribution in [3.63, 3.8) is 0 Å². The summed E-state index contributed by atoms with van der Waals surface area (Å²) in [5, 5.41) is 8.78. The fraction of sp³-hybridized carbons (Fsp3) is 0.263. The standard InChI is InChI=1S/C19H23N3O2.ClH/c1-14-9-10-16(18(23)21-12-6-11-20-2)13-17(14)22-19(24)15-7-4-3-5-8-15;/h3-5,7-10,13,20H,6,11-12H2,1-2H3,(H,21,23)(H,22,24);1H. The molecule has 0 aliphatic rings. The molecular weight excluding hydrogens is 338 g/mol. The Morgan fingerprint density at radius 1 is 0.920 bits per heavy atom. The lowest BCUT2D eigenvalue weighted by Gasteiger charge is -2.11. The molecule has 2 amide bonds. The Bertz CT molecular complexity index is 705. The van der Waals surface area contributed by atoms with Crippen molar-refractivity contribution in [3.8, 4) is 0 Å². The topological polar surface area (TPSA) is 70.2 Å². The third-order valence-electron chi connectivity index (χ3n) is 3.67. The maximum absolute atomic E-state index is 12.3. The minimum absolute atomic E-state index is 0. The third-order valence-corrected chi connectivity index (χ3v) is 3.67. The average Bonchev–Trinajstić information content (AvgIpc) is 2.61. The van der Waals surface area contributed by atoms with Gasteiger partial charge in [-0.15, -0.1) is 12.4 Å². The Labute approximate surface area is 154 Å². The highest BCUT2D eigenvalue weighted by Gasteiger charge is 2.11. The molecule has 0 heterocycles. The van der Waals surface area contributed by atoms with E-state index in [-0.39, 0.29) is 24.2 Å². The van der Waals surface area contributed by atoms with Gasteiger partial charge in [0, 0.05) is 23.4 Å². The molecule has 0 spiro atoms. The normalized spacial score (nSPS) is 9.84. The first kappa shape index (κ1) is 20.7. The van der Waals surface area contributed by atoms with Crippen LogP contribution in [0.5, 0.6) is 0 Å². The first-order valence-corrected chi connectivity index (χ1v) is 8.01. The second-order valence-electron chi connectivity index (χ2n) is 5.56. The summed E-state index contributed by atoms with van der Waals surface area (Å²) in [7, 11) is 1.88. The fourth-order valence-electron chi connectivity index (χ4n) is 2.25. The molecule has 0 bridgehead atoms. The highest BCUT2D eigenvalue weighted by molar-refractivity contribution is 6.05. The van der Waals surface area contributed by atoms with E-state index < -0.39 is 0 Å². The van der Waals surface area contributed by atoms with Crippen molar-refractivity contribution in [2.24, 2.45) is 0 Å². The van der Waals surface area contributed by atoms with E-state index >= 15 is 0 Å². The number of aryl methyl sites for hydroxylation is 1. The molecule has 0 aromatic heterocycles.